The molecule has 102 valence electrons. The van der Waals surface area contributed by atoms with Crippen LogP contribution >= 0.6 is 0 Å². The lowest BCUT2D eigenvalue weighted by Gasteiger charge is -2.14. The molecular weight excluding hydrogens is 240 g/mol. The summed E-state index contributed by atoms with van der Waals surface area (Å²) in [6.07, 6.45) is 5.83. The van der Waals surface area contributed by atoms with Crippen molar-refractivity contribution in [2.75, 3.05) is 17.7 Å². The zero-order chi connectivity index (χ0) is 13.0. The Kier molecular flexibility index (Phi) is 2.37. The highest BCUT2D eigenvalue weighted by Crippen LogP contribution is 2.66. The Bertz CT molecular complexity index is 490. The van der Waals surface area contributed by atoms with E-state index in [-0.39, 0.29) is 0 Å². The fourth-order valence-corrected chi connectivity index (χ4v) is 4.42. The molecule has 0 radical (unpaired) electrons. The second-order valence-electron chi connectivity index (χ2n) is 6.03. The first-order valence-corrected chi connectivity index (χ1v) is 7.29. The molecule has 3 aliphatic rings. The van der Waals surface area contributed by atoms with Crippen molar-refractivity contribution in [1.82, 2.24) is 9.97 Å². The summed E-state index contributed by atoms with van der Waals surface area (Å²) in [5, 5.41) is 3.53. The molecule has 2 bridgehead atoms. The second kappa shape index (κ2) is 3.99. The number of nitrogens with one attached hydrogen (secondary N) is 1. The SMILES string of the molecule is CCOc1ncnc(NC2C3C4CCC(C4)C23)c1N. The summed E-state index contributed by atoms with van der Waals surface area (Å²) in [7, 11) is 0. The highest BCUT2D eigenvalue weighted by molar-refractivity contribution is 5.67. The van der Waals surface area contributed by atoms with Gasteiger partial charge in [0, 0.05) is 6.04 Å². The maximum absolute atomic E-state index is 6.07. The third-order valence-electron chi connectivity index (χ3n) is 5.17. The molecule has 4 rings (SSSR count). The van der Waals surface area contributed by atoms with Crippen molar-refractivity contribution >= 4 is 11.5 Å². The van der Waals surface area contributed by atoms with Crippen LogP contribution in [0.3, 0.4) is 0 Å². The molecule has 0 amide bonds. The lowest BCUT2D eigenvalue weighted by Crippen LogP contribution is -2.15. The van der Waals surface area contributed by atoms with Crippen molar-refractivity contribution < 1.29 is 4.74 Å². The average Bonchev–Trinajstić information content (AvgIpc) is 2.81. The first kappa shape index (κ1) is 11.3. The molecule has 1 heterocycles. The number of nitrogen functional groups attached to an aromatic ring is 1. The van der Waals surface area contributed by atoms with Crippen LogP contribution in [0.15, 0.2) is 6.33 Å². The molecule has 0 aromatic carbocycles. The molecule has 5 heteroatoms. The van der Waals surface area contributed by atoms with Gasteiger partial charge in [-0.1, -0.05) is 0 Å². The molecule has 3 saturated carbocycles. The van der Waals surface area contributed by atoms with Crippen molar-refractivity contribution in [3.05, 3.63) is 6.33 Å². The van der Waals surface area contributed by atoms with E-state index in [0.29, 0.717) is 24.2 Å². The Labute approximate surface area is 113 Å². The van der Waals surface area contributed by atoms with Crippen LogP contribution in [0.2, 0.25) is 0 Å². The normalized spacial score (nSPS) is 38.1. The van der Waals surface area contributed by atoms with E-state index in [2.05, 4.69) is 15.3 Å². The lowest BCUT2D eigenvalue weighted by atomic mass is 10.0. The Morgan fingerprint density at radius 1 is 1.32 bits per heavy atom. The fraction of sp³-hybridized carbons (Fsp3) is 0.714. The van der Waals surface area contributed by atoms with Gasteiger partial charge in [0.05, 0.1) is 6.61 Å². The first-order chi connectivity index (χ1) is 9.29. The maximum atomic E-state index is 6.07. The maximum Gasteiger partial charge on any atom is 0.242 e. The number of nitrogens with zero attached hydrogens (tertiary/aromatic N) is 2. The fourth-order valence-electron chi connectivity index (χ4n) is 4.42. The van der Waals surface area contributed by atoms with Gasteiger partial charge in [-0.05, 0) is 49.9 Å². The van der Waals surface area contributed by atoms with Crippen LogP contribution in [0, 0.1) is 23.7 Å². The molecule has 3 N–H and O–H groups in total. The van der Waals surface area contributed by atoms with Crippen LogP contribution in [-0.4, -0.2) is 22.6 Å². The van der Waals surface area contributed by atoms with E-state index in [4.69, 9.17) is 10.5 Å². The van der Waals surface area contributed by atoms with E-state index in [1.807, 2.05) is 6.92 Å². The van der Waals surface area contributed by atoms with Crippen LogP contribution < -0.4 is 15.8 Å². The summed E-state index contributed by atoms with van der Waals surface area (Å²) in [6, 6.07) is 0.581. The summed E-state index contributed by atoms with van der Waals surface area (Å²) in [5.41, 5.74) is 6.61. The molecule has 5 nitrogen and oxygen atoms in total. The number of aromatic nitrogens is 2. The number of fused-ring (bicyclic) bond motifs is 5. The Morgan fingerprint density at radius 3 is 2.74 bits per heavy atom. The van der Waals surface area contributed by atoms with Gasteiger partial charge in [-0.3, -0.25) is 0 Å². The van der Waals surface area contributed by atoms with Crippen molar-refractivity contribution in [2.45, 2.75) is 32.2 Å². The van der Waals surface area contributed by atoms with E-state index >= 15 is 0 Å². The van der Waals surface area contributed by atoms with Crippen molar-refractivity contribution in [3.8, 4) is 5.88 Å². The molecule has 4 unspecified atom stereocenters. The third kappa shape index (κ3) is 1.60. The van der Waals surface area contributed by atoms with Gasteiger partial charge < -0.3 is 15.8 Å². The van der Waals surface area contributed by atoms with Crippen LogP contribution in [-0.2, 0) is 0 Å². The van der Waals surface area contributed by atoms with E-state index in [1.54, 1.807) is 0 Å². The number of anilines is 2. The number of hydrogen-bond donors (Lipinski definition) is 2. The molecule has 1 aromatic heterocycles. The molecule has 19 heavy (non-hydrogen) atoms. The zero-order valence-electron chi connectivity index (χ0n) is 11.2. The third-order valence-corrected chi connectivity index (χ3v) is 5.17. The number of rotatable bonds is 4. The molecule has 4 atom stereocenters. The minimum absolute atomic E-state index is 0.494. The number of nitrogens with two attached hydrogens (primary N) is 1. The Hall–Kier alpha value is -1.52. The lowest BCUT2D eigenvalue weighted by molar-refractivity contribution is 0.328. The van der Waals surface area contributed by atoms with Crippen molar-refractivity contribution in [2.24, 2.45) is 23.7 Å². The standard InChI is InChI=1S/C14H20N4O/c1-2-19-14-11(15)13(16-6-17-14)18-12-9-7-3-4-8(5-7)10(9)12/h6-10,12H,2-5,15H2,1H3,(H,16,17,18). The topological polar surface area (TPSA) is 73.1 Å². The summed E-state index contributed by atoms with van der Waals surface area (Å²) < 4.78 is 5.41. The van der Waals surface area contributed by atoms with Gasteiger partial charge in [-0.15, -0.1) is 0 Å². The zero-order valence-corrected chi connectivity index (χ0v) is 11.2. The van der Waals surface area contributed by atoms with Crippen LogP contribution in [0.4, 0.5) is 11.5 Å². The van der Waals surface area contributed by atoms with Crippen molar-refractivity contribution in [3.63, 3.8) is 0 Å². The predicted molar refractivity (Wildman–Crippen MR) is 72.8 cm³/mol. The minimum Gasteiger partial charge on any atom is -0.476 e. The first-order valence-electron chi connectivity index (χ1n) is 7.29. The molecule has 3 aliphatic carbocycles. The molecule has 0 spiro atoms. The van der Waals surface area contributed by atoms with Crippen LogP contribution in [0.25, 0.3) is 0 Å². The van der Waals surface area contributed by atoms with Gasteiger partial charge in [0.2, 0.25) is 5.88 Å². The Balaban J connectivity index is 1.51. The Morgan fingerprint density at radius 2 is 2.05 bits per heavy atom. The highest BCUT2D eigenvalue weighted by Gasteiger charge is 2.65. The van der Waals surface area contributed by atoms with Crippen molar-refractivity contribution in [1.29, 1.82) is 0 Å². The van der Waals surface area contributed by atoms with Gasteiger partial charge in [-0.25, -0.2) is 4.98 Å². The van der Waals surface area contributed by atoms with E-state index in [0.717, 1.165) is 29.5 Å². The number of ether oxygens (including phenoxy) is 1. The number of hydrogen-bond acceptors (Lipinski definition) is 5. The van der Waals surface area contributed by atoms with Gasteiger partial charge in [0.25, 0.3) is 0 Å². The molecule has 1 aromatic rings. The largest absolute Gasteiger partial charge is 0.476 e. The quantitative estimate of drug-likeness (QED) is 0.865. The monoisotopic (exact) mass is 260 g/mol. The van der Waals surface area contributed by atoms with E-state index < -0.39 is 0 Å². The average molecular weight is 260 g/mol. The summed E-state index contributed by atoms with van der Waals surface area (Å²) in [5.74, 6) is 4.86. The predicted octanol–water partition coefficient (Wildman–Crippen LogP) is 1.91. The summed E-state index contributed by atoms with van der Waals surface area (Å²) >= 11 is 0. The smallest absolute Gasteiger partial charge is 0.242 e. The van der Waals surface area contributed by atoms with E-state index in [9.17, 15) is 0 Å². The van der Waals surface area contributed by atoms with E-state index in [1.165, 1.54) is 25.6 Å². The minimum atomic E-state index is 0.494. The molecule has 0 aliphatic heterocycles. The van der Waals surface area contributed by atoms with Gasteiger partial charge in [0.15, 0.2) is 5.82 Å². The molecular formula is C14H20N4O. The molecule has 0 saturated heterocycles. The van der Waals surface area contributed by atoms with Crippen LogP contribution in [0.5, 0.6) is 5.88 Å². The second-order valence-corrected chi connectivity index (χ2v) is 6.03. The van der Waals surface area contributed by atoms with Crippen LogP contribution in [0.1, 0.15) is 26.2 Å². The summed E-state index contributed by atoms with van der Waals surface area (Å²) in [4.78, 5) is 8.34. The molecule has 3 fully saturated rings. The van der Waals surface area contributed by atoms with Gasteiger partial charge in [0.1, 0.15) is 12.0 Å². The van der Waals surface area contributed by atoms with Gasteiger partial charge in [-0.2, -0.15) is 4.98 Å². The summed E-state index contributed by atoms with van der Waals surface area (Å²) in [6.45, 7) is 2.50. The highest BCUT2D eigenvalue weighted by atomic mass is 16.5. The van der Waals surface area contributed by atoms with Gasteiger partial charge >= 0.3 is 0 Å².